The van der Waals surface area contributed by atoms with Crippen molar-refractivity contribution in [3.63, 3.8) is 0 Å². The molecular formula is C18H21N3O2. The number of furan rings is 1. The predicted molar refractivity (Wildman–Crippen MR) is 86.4 cm³/mol. The van der Waals surface area contributed by atoms with Gasteiger partial charge in [0.25, 0.3) is 0 Å². The molecule has 1 aromatic carbocycles. The highest BCUT2D eigenvalue weighted by atomic mass is 16.3. The van der Waals surface area contributed by atoms with Gasteiger partial charge < -0.3 is 9.73 Å². The molecule has 2 heterocycles. The topological polar surface area (TPSA) is 66.3 Å². The maximum Gasteiger partial charge on any atom is 0.239 e. The first kappa shape index (κ1) is 14.5. The molecule has 120 valence electrons. The molecule has 5 nitrogen and oxygen atoms in total. The predicted octanol–water partition coefficient (Wildman–Crippen LogP) is 2.38. The molecule has 3 N–H and O–H groups in total. The molecule has 3 unspecified atom stereocenters. The highest BCUT2D eigenvalue weighted by Gasteiger charge is 2.33. The normalized spacial score (nSPS) is 26.7. The molecule has 0 saturated carbocycles. The van der Waals surface area contributed by atoms with Gasteiger partial charge in [0.2, 0.25) is 5.91 Å². The molecule has 3 atom stereocenters. The number of fused-ring (bicyclic) bond motifs is 1. The number of rotatable bonds is 3. The third-order valence-corrected chi connectivity index (χ3v) is 4.79. The lowest BCUT2D eigenvalue weighted by molar-refractivity contribution is -0.123. The van der Waals surface area contributed by atoms with Gasteiger partial charge in [0.1, 0.15) is 11.8 Å². The van der Waals surface area contributed by atoms with E-state index in [9.17, 15) is 4.79 Å². The molecule has 2 aromatic rings. The van der Waals surface area contributed by atoms with Crippen LogP contribution in [-0.4, -0.2) is 11.9 Å². The van der Waals surface area contributed by atoms with Crippen molar-refractivity contribution in [2.75, 3.05) is 0 Å². The van der Waals surface area contributed by atoms with Crippen molar-refractivity contribution in [2.24, 2.45) is 0 Å². The van der Waals surface area contributed by atoms with Crippen molar-refractivity contribution < 1.29 is 9.21 Å². The summed E-state index contributed by atoms with van der Waals surface area (Å²) in [5.41, 5.74) is 8.85. The molecule has 5 heteroatoms. The summed E-state index contributed by atoms with van der Waals surface area (Å²) in [7, 11) is 0. The zero-order valence-electron chi connectivity index (χ0n) is 12.9. The summed E-state index contributed by atoms with van der Waals surface area (Å²) in [5, 5.41) is 3.21. The maximum absolute atomic E-state index is 12.6. The van der Waals surface area contributed by atoms with Crippen LogP contribution in [0.15, 0.2) is 47.1 Å². The second kappa shape index (κ2) is 6.18. The van der Waals surface area contributed by atoms with Gasteiger partial charge in [-0.2, -0.15) is 0 Å². The van der Waals surface area contributed by atoms with Crippen molar-refractivity contribution in [1.29, 1.82) is 0 Å². The second-order valence-corrected chi connectivity index (χ2v) is 6.30. The third kappa shape index (κ3) is 2.90. The summed E-state index contributed by atoms with van der Waals surface area (Å²) < 4.78 is 5.41. The molecule has 0 spiro atoms. The van der Waals surface area contributed by atoms with Crippen molar-refractivity contribution >= 4 is 5.91 Å². The van der Waals surface area contributed by atoms with Gasteiger partial charge in [-0.1, -0.05) is 24.3 Å². The van der Waals surface area contributed by atoms with Gasteiger partial charge in [0, 0.05) is 0 Å². The first-order valence-electron chi connectivity index (χ1n) is 8.24. The van der Waals surface area contributed by atoms with E-state index in [2.05, 4.69) is 34.4 Å². The molecule has 1 amide bonds. The smallest absolute Gasteiger partial charge is 0.239 e. The van der Waals surface area contributed by atoms with Crippen molar-refractivity contribution in [1.82, 2.24) is 16.2 Å². The fourth-order valence-electron chi connectivity index (χ4n) is 3.58. The standard InChI is InChI=1S/C18H21N3O2/c22-18(16-11-15(20-21-16)17-9-4-10-23-17)19-14-8-3-6-12-5-1-2-7-13(12)14/h1-2,4-5,7,9-10,14-16,20-21H,3,6,8,11H2,(H,19,22). The summed E-state index contributed by atoms with van der Waals surface area (Å²) in [6.07, 6.45) is 5.57. The number of benzene rings is 1. The summed E-state index contributed by atoms with van der Waals surface area (Å²) in [6.45, 7) is 0. The van der Waals surface area contributed by atoms with E-state index in [0.717, 1.165) is 25.0 Å². The van der Waals surface area contributed by atoms with E-state index in [1.807, 2.05) is 18.2 Å². The number of carbonyl (C=O) groups excluding carboxylic acids is 1. The van der Waals surface area contributed by atoms with E-state index >= 15 is 0 Å². The summed E-state index contributed by atoms with van der Waals surface area (Å²) >= 11 is 0. The number of hydrogen-bond donors (Lipinski definition) is 3. The zero-order valence-corrected chi connectivity index (χ0v) is 12.9. The van der Waals surface area contributed by atoms with E-state index < -0.39 is 0 Å². The van der Waals surface area contributed by atoms with E-state index in [4.69, 9.17) is 4.42 Å². The molecule has 1 fully saturated rings. The van der Waals surface area contributed by atoms with Crippen LogP contribution in [0.25, 0.3) is 0 Å². The zero-order chi connectivity index (χ0) is 15.6. The van der Waals surface area contributed by atoms with Crippen LogP contribution >= 0.6 is 0 Å². The second-order valence-electron chi connectivity index (χ2n) is 6.30. The fraction of sp³-hybridized carbons (Fsp3) is 0.389. The Morgan fingerprint density at radius 1 is 1.17 bits per heavy atom. The molecule has 0 radical (unpaired) electrons. The molecule has 23 heavy (non-hydrogen) atoms. The Kier molecular flexibility index (Phi) is 3.89. The highest BCUT2D eigenvalue weighted by Crippen LogP contribution is 2.30. The molecule has 1 aromatic heterocycles. The van der Waals surface area contributed by atoms with Gasteiger partial charge in [-0.05, 0) is 48.9 Å². The number of aryl methyl sites for hydroxylation is 1. The Bertz CT molecular complexity index is 683. The lowest BCUT2D eigenvalue weighted by Gasteiger charge is -2.27. The SMILES string of the molecule is O=C(NC1CCCc2ccccc21)C1CC(c2ccco2)NN1. The van der Waals surface area contributed by atoms with E-state index in [0.29, 0.717) is 6.42 Å². The summed E-state index contributed by atoms with van der Waals surface area (Å²) in [6, 6.07) is 12.1. The number of hydrazine groups is 1. The van der Waals surface area contributed by atoms with Crippen LogP contribution in [0.2, 0.25) is 0 Å². The number of carbonyl (C=O) groups is 1. The van der Waals surface area contributed by atoms with Gasteiger partial charge in [-0.15, -0.1) is 0 Å². The van der Waals surface area contributed by atoms with Crippen molar-refractivity contribution in [2.45, 2.75) is 43.8 Å². The van der Waals surface area contributed by atoms with Crippen LogP contribution < -0.4 is 16.2 Å². The minimum absolute atomic E-state index is 0.0411. The Morgan fingerprint density at radius 3 is 2.96 bits per heavy atom. The minimum Gasteiger partial charge on any atom is -0.468 e. The van der Waals surface area contributed by atoms with Crippen molar-refractivity contribution in [3.8, 4) is 0 Å². The van der Waals surface area contributed by atoms with Crippen LogP contribution in [0.1, 0.15) is 48.2 Å². The third-order valence-electron chi connectivity index (χ3n) is 4.79. The molecule has 1 saturated heterocycles. The van der Waals surface area contributed by atoms with Gasteiger partial charge in [-0.3, -0.25) is 4.79 Å². The average molecular weight is 311 g/mol. The lowest BCUT2D eigenvalue weighted by Crippen LogP contribution is -2.44. The van der Waals surface area contributed by atoms with Gasteiger partial charge in [0.05, 0.1) is 18.3 Å². The Hall–Kier alpha value is -2.11. The van der Waals surface area contributed by atoms with E-state index in [-0.39, 0.29) is 24.0 Å². The van der Waals surface area contributed by atoms with E-state index in [1.165, 1.54) is 11.1 Å². The largest absolute Gasteiger partial charge is 0.468 e. The molecule has 0 bridgehead atoms. The Morgan fingerprint density at radius 2 is 2.09 bits per heavy atom. The molecule has 1 aliphatic heterocycles. The molecular weight excluding hydrogens is 290 g/mol. The minimum atomic E-state index is -0.237. The molecule has 1 aliphatic carbocycles. The Balaban J connectivity index is 1.41. The van der Waals surface area contributed by atoms with Crippen LogP contribution in [0.3, 0.4) is 0 Å². The van der Waals surface area contributed by atoms with Crippen LogP contribution in [0, 0.1) is 0 Å². The van der Waals surface area contributed by atoms with E-state index in [1.54, 1.807) is 6.26 Å². The molecule has 4 rings (SSSR count). The van der Waals surface area contributed by atoms with Crippen LogP contribution in [-0.2, 0) is 11.2 Å². The first-order chi connectivity index (χ1) is 11.3. The average Bonchev–Trinajstić information content (AvgIpc) is 3.26. The number of hydrogen-bond acceptors (Lipinski definition) is 4. The molecule has 2 aliphatic rings. The Labute approximate surface area is 135 Å². The van der Waals surface area contributed by atoms with Gasteiger partial charge in [0.15, 0.2) is 0 Å². The summed E-state index contributed by atoms with van der Waals surface area (Å²) in [4.78, 5) is 12.6. The monoisotopic (exact) mass is 311 g/mol. The van der Waals surface area contributed by atoms with Crippen LogP contribution in [0.4, 0.5) is 0 Å². The van der Waals surface area contributed by atoms with Crippen LogP contribution in [0.5, 0.6) is 0 Å². The summed E-state index contributed by atoms with van der Waals surface area (Å²) in [5.74, 6) is 0.907. The fourth-order valence-corrected chi connectivity index (χ4v) is 3.58. The van der Waals surface area contributed by atoms with Crippen molar-refractivity contribution in [3.05, 3.63) is 59.5 Å². The number of amides is 1. The first-order valence-corrected chi connectivity index (χ1v) is 8.24. The maximum atomic E-state index is 12.6. The van der Waals surface area contributed by atoms with Gasteiger partial charge >= 0.3 is 0 Å². The quantitative estimate of drug-likeness (QED) is 0.814. The van der Waals surface area contributed by atoms with Gasteiger partial charge in [-0.25, -0.2) is 10.9 Å². The lowest BCUT2D eigenvalue weighted by atomic mass is 9.87. The highest BCUT2D eigenvalue weighted by molar-refractivity contribution is 5.82. The number of nitrogens with one attached hydrogen (secondary N) is 3.